The molecular weight excluding hydrogens is 224 g/mol. The van der Waals surface area contributed by atoms with E-state index in [4.69, 9.17) is 0 Å². The van der Waals surface area contributed by atoms with Crippen LogP contribution in [0.5, 0.6) is 0 Å². The van der Waals surface area contributed by atoms with E-state index in [0.29, 0.717) is 6.04 Å². The normalized spacial score (nSPS) is 31.1. The van der Waals surface area contributed by atoms with E-state index in [1.165, 1.54) is 12.8 Å². The molecule has 0 radical (unpaired) electrons. The fourth-order valence-corrected chi connectivity index (χ4v) is 3.46. The molecule has 1 N–H and O–H groups in total. The lowest BCUT2D eigenvalue weighted by Gasteiger charge is -2.26. The Morgan fingerprint density at radius 3 is 2.94 bits per heavy atom. The van der Waals surface area contributed by atoms with Crippen molar-refractivity contribution in [3.05, 3.63) is 24.3 Å². The molecule has 0 saturated heterocycles. The van der Waals surface area contributed by atoms with Crippen molar-refractivity contribution in [3.8, 4) is 0 Å². The van der Waals surface area contributed by atoms with Gasteiger partial charge in [0, 0.05) is 26.1 Å². The van der Waals surface area contributed by atoms with Crippen LogP contribution in [0.1, 0.15) is 25.6 Å². The minimum atomic E-state index is 0.605. The van der Waals surface area contributed by atoms with Crippen LogP contribution >= 0.6 is 0 Å². The molecule has 4 heteroatoms. The minimum absolute atomic E-state index is 0.605. The lowest BCUT2D eigenvalue weighted by Crippen LogP contribution is -2.36. The summed E-state index contributed by atoms with van der Waals surface area (Å²) in [6.07, 6.45) is 10.3. The zero-order chi connectivity index (χ0) is 12.5. The predicted octanol–water partition coefficient (Wildman–Crippen LogP) is 1.55. The SMILES string of the molecule is CC(NCCc1ncn(C)n1)C1CC2C=CC1C2. The monoisotopic (exact) mass is 246 g/mol. The van der Waals surface area contributed by atoms with E-state index >= 15 is 0 Å². The standard InChI is InChI=1S/C14H22N4/c1-10(13-8-11-3-4-12(13)7-11)15-6-5-14-16-9-18(2)17-14/h3-4,9-13,15H,5-8H2,1-2H3. The van der Waals surface area contributed by atoms with Gasteiger partial charge in [0.1, 0.15) is 6.33 Å². The van der Waals surface area contributed by atoms with E-state index in [1.54, 1.807) is 11.0 Å². The molecule has 0 amide bonds. The van der Waals surface area contributed by atoms with Gasteiger partial charge in [-0.05, 0) is 37.5 Å². The molecule has 18 heavy (non-hydrogen) atoms. The summed E-state index contributed by atoms with van der Waals surface area (Å²) in [5.74, 6) is 3.45. The molecule has 3 rings (SSSR count). The maximum absolute atomic E-state index is 4.30. The lowest BCUT2D eigenvalue weighted by molar-refractivity contribution is 0.329. The number of aromatic nitrogens is 3. The molecule has 1 saturated carbocycles. The molecule has 4 nitrogen and oxygen atoms in total. The molecule has 2 bridgehead atoms. The van der Waals surface area contributed by atoms with Crippen molar-refractivity contribution >= 4 is 0 Å². The van der Waals surface area contributed by atoms with Gasteiger partial charge in [0.25, 0.3) is 0 Å². The van der Waals surface area contributed by atoms with Gasteiger partial charge in [-0.3, -0.25) is 4.68 Å². The van der Waals surface area contributed by atoms with Crippen LogP contribution in [0.4, 0.5) is 0 Å². The number of fused-ring (bicyclic) bond motifs is 2. The first-order valence-corrected chi connectivity index (χ1v) is 6.98. The highest BCUT2D eigenvalue weighted by Crippen LogP contribution is 2.44. The van der Waals surface area contributed by atoms with E-state index in [-0.39, 0.29) is 0 Å². The van der Waals surface area contributed by atoms with Gasteiger partial charge in [0.2, 0.25) is 0 Å². The highest BCUT2D eigenvalue weighted by Gasteiger charge is 2.38. The second kappa shape index (κ2) is 4.84. The second-order valence-electron chi connectivity index (χ2n) is 5.77. The topological polar surface area (TPSA) is 42.7 Å². The Balaban J connectivity index is 1.44. The first-order chi connectivity index (χ1) is 8.72. The van der Waals surface area contributed by atoms with E-state index in [9.17, 15) is 0 Å². The molecule has 4 unspecified atom stereocenters. The summed E-state index contributed by atoms with van der Waals surface area (Å²) in [4.78, 5) is 4.25. The average molecular weight is 246 g/mol. The Morgan fingerprint density at radius 1 is 1.44 bits per heavy atom. The van der Waals surface area contributed by atoms with Gasteiger partial charge in [0.15, 0.2) is 5.82 Å². The number of aryl methyl sites for hydroxylation is 1. The Kier molecular flexibility index (Phi) is 3.20. The van der Waals surface area contributed by atoms with Crippen molar-refractivity contribution in [1.29, 1.82) is 0 Å². The predicted molar refractivity (Wildman–Crippen MR) is 71.0 cm³/mol. The maximum Gasteiger partial charge on any atom is 0.151 e. The van der Waals surface area contributed by atoms with Crippen molar-refractivity contribution in [2.24, 2.45) is 24.8 Å². The summed E-state index contributed by atoms with van der Waals surface area (Å²) < 4.78 is 1.76. The van der Waals surface area contributed by atoms with Crippen molar-refractivity contribution in [2.45, 2.75) is 32.2 Å². The Bertz CT molecular complexity index is 437. The fraction of sp³-hybridized carbons (Fsp3) is 0.714. The molecule has 1 aromatic rings. The fourth-order valence-electron chi connectivity index (χ4n) is 3.46. The van der Waals surface area contributed by atoms with Crippen molar-refractivity contribution in [1.82, 2.24) is 20.1 Å². The molecule has 1 aromatic heterocycles. The molecule has 2 aliphatic carbocycles. The number of hydrogen-bond acceptors (Lipinski definition) is 3. The largest absolute Gasteiger partial charge is 0.314 e. The summed E-state index contributed by atoms with van der Waals surface area (Å²) in [5.41, 5.74) is 0. The van der Waals surface area contributed by atoms with Gasteiger partial charge in [0.05, 0.1) is 0 Å². The van der Waals surface area contributed by atoms with Crippen LogP contribution < -0.4 is 5.32 Å². The Morgan fingerprint density at radius 2 is 2.33 bits per heavy atom. The molecular formula is C14H22N4. The number of nitrogens with zero attached hydrogens (tertiary/aromatic N) is 3. The van der Waals surface area contributed by atoms with Crippen LogP contribution in [-0.2, 0) is 13.5 Å². The molecule has 2 aliphatic rings. The van der Waals surface area contributed by atoms with E-state index in [0.717, 1.165) is 36.5 Å². The number of rotatable bonds is 5. The Labute approximate surface area is 108 Å². The van der Waals surface area contributed by atoms with Gasteiger partial charge < -0.3 is 5.32 Å². The average Bonchev–Trinajstić information content (AvgIpc) is 3.05. The van der Waals surface area contributed by atoms with Crippen molar-refractivity contribution in [2.75, 3.05) is 6.54 Å². The van der Waals surface area contributed by atoms with Gasteiger partial charge in [-0.1, -0.05) is 12.2 Å². The Hall–Kier alpha value is -1.16. The summed E-state index contributed by atoms with van der Waals surface area (Å²) in [6.45, 7) is 3.30. The molecule has 0 aliphatic heterocycles. The molecule has 1 heterocycles. The van der Waals surface area contributed by atoms with Gasteiger partial charge >= 0.3 is 0 Å². The minimum Gasteiger partial charge on any atom is -0.314 e. The van der Waals surface area contributed by atoms with Gasteiger partial charge in [-0.2, -0.15) is 5.10 Å². The first kappa shape index (κ1) is 11.9. The van der Waals surface area contributed by atoms with E-state index < -0.39 is 0 Å². The molecule has 1 fully saturated rings. The summed E-state index contributed by atoms with van der Waals surface area (Å²) in [5, 5.41) is 7.94. The third kappa shape index (κ3) is 2.34. The maximum atomic E-state index is 4.30. The van der Waals surface area contributed by atoms with Gasteiger partial charge in [-0.15, -0.1) is 0 Å². The van der Waals surface area contributed by atoms with Crippen LogP contribution in [0.2, 0.25) is 0 Å². The smallest absolute Gasteiger partial charge is 0.151 e. The van der Waals surface area contributed by atoms with Crippen LogP contribution in [0, 0.1) is 17.8 Å². The molecule has 0 spiro atoms. The third-order valence-corrected chi connectivity index (χ3v) is 4.43. The molecule has 4 atom stereocenters. The highest BCUT2D eigenvalue weighted by molar-refractivity contribution is 5.11. The van der Waals surface area contributed by atoms with Gasteiger partial charge in [-0.25, -0.2) is 4.98 Å². The summed E-state index contributed by atoms with van der Waals surface area (Å²) in [6, 6.07) is 0.605. The summed E-state index contributed by atoms with van der Waals surface area (Å²) in [7, 11) is 1.91. The lowest BCUT2D eigenvalue weighted by atomic mass is 9.87. The van der Waals surface area contributed by atoms with Crippen LogP contribution in [0.15, 0.2) is 18.5 Å². The number of nitrogens with one attached hydrogen (secondary N) is 1. The van der Waals surface area contributed by atoms with E-state index in [1.807, 2.05) is 7.05 Å². The molecule has 98 valence electrons. The van der Waals surface area contributed by atoms with Crippen LogP contribution in [0.3, 0.4) is 0 Å². The molecule has 0 aromatic carbocycles. The highest BCUT2D eigenvalue weighted by atomic mass is 15.3. The zero-order valence-electron chi connectivity index (χ0n) is 11.2. The van der Waals surface area contributed by atoms with Crippen LogP contribution in [-0.4, -0.2) is 27.4 Å². The van der Waals surface area contributed by atoms with E-state index in [2.05, 4.69) is 34.5 Å². The van der Waals surface area contributed by atoms with Crippen LogP contribution in [0.25, 0.3) is 0 Å². The number of hydrogen-bond donors (Lipinski definition) is 1. The quantitative estimate of drug-likeness (QED) is 0.802. The second-order valence-corrected chi connectivity index (χ2v) is 5.77. The third-order valence-electron chi connectivity index (χ3n) is 4.43. The first-order valence-electron chi connectivity index (χ1n) is 6.98. The number of allylic oxidation sites excluding steroid dienone is 2. The van der Waals surface area contributed by atoms with Crippen molar-refractivity contribution in [3.63, 3.8) is 0 Å². The van der Waals surface area contributed by atoms with Crippen molar-refractivity contribution < 1.29 is 0 Å². The summed E-state index contributed by atoms with van der Waals surface area (Å²) >= 11 is 0. The zero-order valence-corrected chi connectivity index (χ0v) is 11.2.